The Hall–Kier alpha value is -3.33. The summed E-state index contributed by atoms with van der Waals surface area (Å²) in [6.07, 6.45) is 0.958. The maximum atomic E-state index is 11.9. The van der Waals surface area contributed by atoms with Gasteiger partial charge in [0, 0.05) is 16.5 Å². The molecular weight excluding hydrogens is 322 g/mol. The highest BCUT2D eigenvalue weighted by Crippen LogP contribution is 2.32. The molecule has 128 valence electrons. The number of benzene rings is 3. The van der Waals surface area contributed by atoms with E-state index < -0.39 is 0 Å². The number of fused-ring (bicyclic) bond motifs is 1. The van der Waals surface area contributed by atoms with Crippen LogP contribution in [-0.4, -0.2) is 17.5 Å². The lowest BCUT2D eigenvalue weighted by Gasteiger charge is -2.13. The molecule has 0 N–H and O–H groups in total. The first-order valence-electron chi connectivity index (χ1n) is 8.68. The number of hydrogen-bond donors (Lipinski definition) is 0. The first-order valence-corrected chi connectivity index (χ1v) is 8.68. The van der Waals surface area contributed by atoms with Crippen LogP contribution < -0.4 is 4.74 Å². The van der Waals surface area contributed by atoms with Crippen LogP contribution in [0.25, 0.3) is 22.2 Å². The van der Waals surface area contributed by atoms with Crippen LogP contribution in [0.3, 0.4) is 0 Å². The molecule has 1 aromatic heterocycles. The van der Waals surface area contributed by atoms with Crippen molar-refractivity contribution >= 4 is 17.2 Å². The van der Waals surface area contributed by atoms with Crippen LogP contribution in [-0.2, 0) is 6.54 Å². The summed E-state index contributed by atoms with van der Waals surface area (Å²) < 4.78 is 8.06. The number of nitrogens with zero attached hydrogens (tertiary/aromatic N) is 1. The van der Waals surface area contributed by atoms with E-state index in [-0.39, 0.29) is 0 Å². The molecule has 3 aromatic carbocycles. The Bertz CT molecular complexity index is 1020. The fourth-order valence-corrected chi connectivity index (χ4v) is 3.36. The van der Waals surface area contributed by atoms with E-state index in [0.29, 0.717) is 13.2 Å². The summed E-state index contributed by atoms with van der Waals surface area (Å²) in [7, 11) is 0. The monoisotopic (exact) mass is 341 g/mol. The number of aldehydes is 1. The van der Waals surface area contributed by atoms with Crippen LogP contribution in [0.5, 0.6) is 5.75 Å². The molecule has 26 heavy (non-hydrogen) atoms. The Morgan fingerprint density at radius 1 is 0.808 bits per heavy atom. The average Bonchev–Trinajstić information content (AvgIpc) is 3.03. The van der Waals surface area contributed by atoms with Gasteiger partial charge >= 0.3 is 0 Å². The number of ether oxygens (including phenoxy) is 1. The molecular formula is C23H19NO2. The van der Waals surface area contributed by atoms with Gasteiger partial charge in [-0.25, -0.2) is 0 Å². The van der Waals surface area contributed by atoms with E-state index >= 15 is 0 Å². The summed E-state index contributed by atoms with van der Waals surface area (Å²) in [5, 5.41) is 0.973. The molecule has 0 unspecified atom stereocenters. The molecule has 0 saturated carbocycles. The molecule has 0 spiro atoms. The van der Waals surface area contributed by atoms with E-state index in [0.717, 1.165) is 39.8 Å². The molecule has 0 bridgehead atoms. The van der Waals surface area contributed by atoms with Gasteiger partial charge in [0.2, 0.25) is 0 Å². The lowest BCUT2D eigenvalue weighted by atomic mass is 10.1. The van der Waals surface area contributed by atoms with Crippen LogP contribution in [0.1, 0.15) is 10.4 Å². The van der Waals surface area contributed by atoms with Gasteiger partial charge in [-0.1, -0.05) is 66.7 Å². The van der Waals surface area contributed by atoms with E-state index in [1.807, 2.05) is 78.9 Å². The Labute approximate surface area is 152 Å². The zero-order valence-electron chi connectivity index (χ0n) is 14.3. The van der Waals surface area contributed by atoms with E-state index in [2.05, 4.69) is 10.6 Å². The van der Waals surface area contributed by atoms with Gasteiger partial charge in [0.15, 0.2) is 6.29 Å². The largest absolute Gasteiger partial charge is 0.492 e. The number of carbonyl (C=O) groups excluding carboxylic acids is 1. The molecule has 0 aliphatic rings. The number of aromatic nitrogens is 1. The first-order chi connectivity index (χ1) is 12.9. The van der Waals surface area contributed by atoms with Crippen molar-refractivity contribution in [2.75, 3.05) is 6.61 Å². The normalized spacial score (nSPS) is 10.8. The molecule has 0 amide bonds. The van der Waals surface area contributed by atoms with Crippen LogP contribution in [0.2, 0.25) is 0 Å². The molecule has 3 heteroatoms. The summed E-state index contributed by atoms with van der Waals surface area (Å²) in [6.45, 7) is 1.19. The summed E-state index contributed by atoms with van der Waals surface area (Å²) in [5.41, 5.74) is 3.75. The van der Waals surface area contributed by atoms with Gasteiger partial charge in [-0.15, -0.1) is 0 Å². The maximum absolute atomic E-state index is 11.9. The van der Waals surface area contributed by atoms with E-state index in [9.17, 15) is 4.79 Å². The highest BCUT2D eigenvalue weighted by Gasteiger charge is 2.17. The van der Waals surface area contributed by atoms with Crippen molar-refractivity contribution in [3.05, 3.63) is 90.5 Å². The van der Waals surface area contributed by atoms with Crippen LogP contribution >= 0.6 is 0 Å². The second-order valence-electron chi connectivity index (χ2n) is 6.08. The van der Waals surface area contributed by atoms with E-state index in [1.165, 1.54) is 0 Å². The third-order valence-electron chi connectivity index (χ3n) is 4.50. The summed E-state index contributed by atoms with van der Waals surface area (Å²) in [6, 6.07) is 27.8. The lowest BCUT2D eigenvalue weighted by molar-refractivity contribution is 0.112. The van der Waals surface area contributed by atoms with Crippen LogP contribution in [0.4, 0.5) is 0 Å². The average molecular weight is 341 g/mol. The third-order valence-corrected chi connectivity index (χ3v) is 4.50. The van der Waals surface area contributed by atoms with Crippen molar-refractivity contribution < 1.29 is 9.53 Å². The quantitative estimate of drug-likeness (QED) is 0.451. The number of hydrogen-bond acceptors (Lipinski definition) is 2. The topological polar surface area (TPSA) is 31.2 Å². The van der Waals surface area contributed by atoms with Crippen LogP contribution in [0, 0.1) is 0 Å². The molecule has 4 aromatic rings. The van der Waals surface area contributed by atoms with Crippen molar-refractivity contribution in [1.29, 1.82) is 0 Å². The van der Waals surface area contributed by atoms with E-state index in [1.54, 1.807) is 0 Å². The van der Waals surface area contributed by atoms with Crippen molar-refractivity contribution in [3.8, 4) is 17.0 Å². The maximum Gasteiger partial charge on any atom is 0.152 e. The van der Waals surface area contributed by atoms with Gasteiger partial charge in [0.05, 0.1) is 12.2 Å². The van der Waals surface area contributed by atoms with Gasteiger partial charge in [-0.3, -0.25) is 4.79 Å². The van der Waals surface area contributed by atoms with Gasteiger partial charge in [0.25, 0.3) is 0 Å². The minimum Gasteiger partial charge on any atom is -0.492 e. The summed E-state index contributed by atoms with van der Waals surface area (Å²) in [4.78, 5) is 11.9. The predicted octanol–water partition coefficient (Wildman–Crippen LogP) is 5.20. The second-order valence-corrected chi connectivity index (χ2v) is 6.08. The zero-order chi connectivity index (χ0) is 17.8. The Balaban J connectivity index is 1.76. The predicted molar refractivity (Wildman–Crippen MR) is 105 cm³/mol. The molecule has 3 nitrogen and oxygen atoms in total. The molecule has 0 atom stereocenters. The molecule has 0 saturated heterocycles. The van der Waals surface area contributed by atoms with Gasteiger partial charge in [0.1, 0.15) is 12.4 Å². The van der Waals surface area contributed by atoms with Crippen molar-refractivity contribution in [2.24, 2.45) is 0 Å². The van der Waals surface area contributed by atoms with E-state index in [4.69, 9.17) is 4.74 Å². The number of para-hydroxylation sites is 2. The smallest absolute Gasteiger partial charge is 0.152 e. The summed E-state index contributed by atoms with van der Waals surface area (Å²) >= 11 is 0. The fraction of sp³-hybridized carbons (Fsp3) is 0.0870. The SMILES string of the molecule is O=Cc1c(-c2ccccc2)n(CCOc2ccccc2)c2ccccc12. The molecule has 1 heterocycles. The molecule has 0 fully saturated rings. The van der Waals surface area contributed by atoms with Crippen molar-refractivity contribution in [3.63, 3.8) is 0 Å². The highest BCUT2D eigenvalue weighted by atomic mass is 16.5. The Morgan fingerprint density at radius 2 is 1.46 bits per heavy atom. The molecule has 0 radical (unpaired) electrons. The minimum atomic E-state index is 0.529. The van der Waals surface area contributed by atoms with Crippen molar-refractivity contribution in [1.82, 2.24) is 4.57 Å². The van der Waals surface area contributed by atoms with Crippen molar-refractivity contribution in [2.45, 2.75) is 6.54 Å². The molecule has 0 aliphatic carbocycles. The first kappa shape index (κ1) is 16.2. The van der Waals surface area contributed by atoms with Gasteiger partial charge in [-0.2, -0.15) is 0 Å². The molecule has 4 rings (SSSR count). The second kappa shape index (κ2) is 7.28. The molecule has 0 aliphatic heterocycles. The zero-order valence-corrected chi connectivity index (χ0v) is 14.3. The van der Waals surface area contributed by atoms with Gasteiger partial charge in [-0.05, 0) is 23.8 Å². The number of rotatable bonds is 6. The van der Waals surface area contributed by atoms with Gasteiger partial charge < -0.3 is 9.30 Å². The fourth-order valence-electron chi connectivity index (χ4n) is 3.36. The Kier molecular flexibility index (Phi) is 4.52. The standard InChI is InChI=1S/C23H19NO2/c25-17-21-20-13-7-8-14-22(20)24(23(21)18-9-3-1-4-10-18)15-16-26-19-11-5-2-6-12-19/h1-14,17H,15-16H2. The number of carbonyl (C=O) groups is 1. The van der Waals surface area contributed by atoms with Crippen LogP contribution in [0.15, 0.2) is 84.9 Å². The third kappa shape index (κ3) is 3.00. The Morgan fingerprint density at radius 3 is 2.19 bits per heavy atom. The summed E-state index contributed by atoms with van der Waals surface area (Å²) in [5.74, 6) is 0.848. The highest BCUT2D eigenvalue weighted by molar-refractivity contribution is 6.05. The minimum absolute atomic E-state index is 0.529. The lowest BCUT2D eigenvalue weighted by Crippen LogP contribution is -2.09.